The van der Waals surface area contributed by atoms with Crippen LogP contribution in [0, 0.1) is 5.41 Å². The second-order valence-electron chi connectivity index (χ2n) is 14.1. The van der Waals surface area contributed by atoms with E-state index in [0.717, 1.165) is 63.4 Å². The van der Waals surface area contributed by atoms with Crippen LogP contribution in [0.4, 0.5) is 0 Å². The van der Waals surface area contributed by atoms with Crippen molar-refractivity contribution in [2.45, 2.75) is 188 Å². The minimum atomic E-state index is -0.808. The molecule has 0 aliphatic heterocycles. The van der Waals surface area contributed by atoms with Crippen molar-refractivity contribution in [1.29, 1.82) is 0 Å². The average Bonchev–Trinajstić information content (AvgIpc) is 3.10. The Bertz CT molecular complexity index is 830. The van der Waals surface area contributed by atoms with E-state index >= 15 is 0 Å². The fourth-order valence-electron chi connectivity index (χ4n) is 5.99. The van der Waals surface area contributed by atoms with Gasteiger partial charge in [-0.15, -0.1) is 0 Å². The quantitative estimate of drug-likeness (QED) is 0.0420. The molecular formula is C42H72O6. The molecule has 0 heterocycles. The van der Waals surface area contributed by atoms with Gasteiger partial charge in [-0.1, -0.05) is 167 Å². The lowest BCUT2D eigenvalue weighted by molar-refractivity contribution is -0.162. The van der Waals surface area contributed by atoms with Gasteiger partial charge in [0.25, 0.3) is 0 Å². The van der Waals surface area contributed by atoms with E-state index in [1.54, 1.807) is 0 Å². The lowest BCUT2D eigenvalue weighted by atomic mass is 9.84. The van der Waals surface area contributed by atoms with Crippen LogP contribution >= 0.6 is 0 Å². The SMILES string of the molecule is CCCCCCCCCC(=O)OCC(CCc1ccccc1)(COC(=O)CCCCCCCCC)COC(=O)CCCCCCCCC. The van der Waals surface area contributed by atoms with E-state index in [1.165, 1.54) is 77.0 Å². The molecule has 0 radical (unpaired) electrons. The molecule has 276 valence electrons. The molecule has 1 rings (SSSR count). The molecular weight excluding hydrogens is 600 g/mol. The third-order valence-electron chi connectivity index (χ3n) is 9.36. The molecule has 0 aromatic heterocycles. The van der Waals surface area contributed by atoms with Gasteiger partial charge in [-0.25, -0.2) is 0 Å². The van der Waals surface area contributed by atoms with Gasteiger partial charge >= 0.3 is 17.9 Å². The topological polar surface area (TPSA) is 78.9 Å². The Morgan fingerprint density at radius 2 is 0.771 bits per heavy atom. The molecule has 0 saturated heterocycles. The van der Waals surface area contributed by atoms with Gasteiger partial charge in [-0.05, 0) is 37.7 Å². The molecule has 1 aromatic carbocycles. The van der Waals surface area contributed by atoms with Crippen LogP contribution in [0.2, 0.25) is 0 Å². The van der Waals surface area contributed by atoms with E-state index in [0.29, 0.717) is 32.1 Å². The maximum Gasteiger partial charge on any atom is 0.305 e. The highest BCUT2D eigenvalue weighted by Gasteiger charge is 2.35. The predicted molar refractivity (Wildman–Crippen MR) is 198 cm³/mol. The minimum absolute atomic E-state index is 0.0601. The molecule has 0 aliphatic rings. The van der Waals surface area contributed by atoms with Crippen LogP contribution in [0.5, 0.6) is 0 Å². The summed E-state index contributed by atoms with van der Waals surface area (Å²) in [6.07, 6.45) is 26.1. The molecule has 0 bridgehead atoms. The Morgan fingerprint density at radius 3 is 1.10 bits per heavy atom. The zero-order chi connectivity index (χ0) is 35.0. The molecule has 0 amide bonds. The molecule has 0 unspecified atom stereocenters. The Morgan fingerprint density at radius 1 is 0.458 bits per heavy atom. The molecule has 0 aliphatic carbocycles. The normalized spacial score (nSPS) is 11.4. The zero-order valence-corrected chi connectivity index (χ0v) is 31.3. The summed E-state index contributed by atoms with van der Waals surface area (Å²) in [5.74, 6) is -0.718. The summed E-state index contributed by atoms with van der Waals surface area (Å²) in [5, 5.41) is 0. The smallest absolute Gasteiger partial charge is 0.305 e. The molecule has 6 nitrogen and oxygen atoms in total. The summed E-state index contributed by atoms with van der Waals surface area (Å²) in [5.41, 5.74) is 0.331. The van der Waals surface area contributed by atoms with Crippen LogP contribution in [0.3, 0.4) is 0 Å². The van der Waals surface area contributed by atoms with Gasteiger partial charge in [0.2, 0.25) is 0 Å². The van der Waals surface area contributed by atoms with Crippen molar-refractivity contribution in [2.75, 3.05) is 19.8 Å². The Kier molecular flexibility index (Phi) is 27.9. The van der Waals surface area contributed by atoms with Crippen molar-refractivity contribution in [3.05, 3.63) is 35.9 Å². The number of hydrogen-bond acceptors (Lipinski definition) is 6. The van der Waals surface area contributed by atoms with E-state index in [1.807, 2.05) is 18.2 Å². The van der Waals surface area contributed by atoms with Crippen molar-refractivity contribution in [3.8, 4) is 0 Å². The standard InChI is InChI=1S/C42H72O6/c1-4-7-10-13-16-19-25-30-39(43)46-35-42(34-33-38-28-23-22-24-29-38,36-47-40(44)31-26-20-17-14-11-8-5-2)37-48-41(45)32-27-21-18-15-12-9-6-3/h22-24,28-29H,4-21,25-27,30-37H2,1-3H3. The van der Waals surface area contributed by atoms with Gasteiger partial charge in [0, 0.05) is 19.3 Å². The summed E-state index contributed by atoms with van der Waals surface area (Å²) in [6.45, 7) is 6.82. The van der Waals surface area contributed by atoms with E-state index in [2.05, 4.69) is 32.9 Å². The van der Waals surface area contributed by atoms with Crippen molar-refractivity contribution in [3.63, 3.8) is 0 Å². The molecule has 6 heteroatoms. The van der Waals surface area contributed by atoms with Crippen LogP contribution in [-0.2, 0) is 35.0 Å². The predicted octanol–water partition coefficient (Wildman–Crippen LogP) is 11.7. The second-order valence-corrected chi connectivity index (χ2v) is 14.1. The van der Waals surface area contributed by atoms with Crippen LogP contribution in [-0.4, -0.2) is 37.7 Å². The highest BCUT2D eigenvalue weighted by atomic mass is 16.6. The summed E-state index contributed by atoms with van der Waals surface area (Å²) in [4.78, 5) is 38.6. The Hall–Kier alpha value is -2.37. The fourth-order valence-corrected chi connectivity index (χ4v) is 5.99. The van der Waals surface area contributed by atoms with Gasteiger partial charge in [0.1, 0.15) is 19.8 Å². The first-order chi connectivity index (χ1) is 23.4. The maximum absolute atomic E-state index is 12.9. The maximum atomic E-state index is 12.9. The van der Waals surface area contributed by atoms with Gasteiger partial charge in [-0.3, -0.25) is 14.4 Å². The highest BCUT2D eigenvalue weighted by molar-refractivity contribution is 5.70. The van der Waals surface area contributed by atoms with Gasteiger partial charge in [0.05, 0.1) is 5.41 Å². The first-order valence-electron chi connectivity index (χ1n) is 20.0. The molecule has 0 N–H and O–H groups in total. The number of benzene rings is 1. The number of ether oxygens (including phenoxy) is 3. The molecule has 0 fully saturated rings. The molecule has 0 atom stereocenters. The highest BCUT2D eigenvalue weighted by Crippen LogP contribution is 2.28. The van der Waals surface area contributed by atoms with Gasteiger partial charge in [0.15, 0.2) is 0 Å². The summed E-state index contributed by atoms with van der Waals surface area (Å²) < 4.78 is 17.6. The monoisotopic (exact) mass is 673 g/mol. The molecule has 0 spiro atoms. The number of rotatable bonds is 33. The summed E-state index contributed by atoms with van der Waals surface area (Å²) >= 11 is 0. The van der Waals surface area contributed by atoms with Crippen LogP contribution < -0.4 is 0 Å². The third kappa shape index (κ3) is 24.7. The third-order valence-corrected chi connectivity index (χ3v) is 9.36. The average molecular weight is 673 g/mol. The summed E-state index contributed by atoms with van der Waals surface area (Å²) in [6, 6.07) is 10.1. The van der Waals surface area contributed by atoms with Crippen LogP contribution in [0.1, 0.15) is 187 Å². The summed E-state index contributed by atoms with van der Waals surface area (Å²) in [7, 11) is 0. The first-order valence-corrected chi connectivity index (χ1v) is 20.0. The lowest BCUT2D eigenvalue weighted by Crippen LogP contribution is -2.40. The van der Waals surface area contributed by atoms with Crippen LogP contribution in [0.15, 0.2) is 30.3 Å². The Labute approximate surface area is 294 Å². The van der Waals surface area contributed by atoms with Gasteiger partial charge < -0.3 is 14.2 Å². The second kappa shape index (κ2) is 30.7. The molecule has 48 heavy (non-hydrogen) atoms. The zero-order valence-electron chi connectivity index (χ0n) is 31.3. The van der Waals surface area contributed by atoms with Crippen molar-refractivity contribution >= 4 is 17.9 Å². The van der Waals surface area contributed by atoms with Crippen LogP contribution in [0.25, 0.3) is 0 Å². The van der Waals surface area contributed by atoms with Crippen molar-refractivity contribution < 1.29 is 28.6 Å². The van der Waals surface area contributed by atoms with E-state index in [4.69, 9.17) is 14.2 Å². The largest absolute Gasteiger partial charge is 0.465 e. The minimum Gasteiger partial charge on any atom is -0.465 e. The Balaban J connectivity index is 2.83. The van der Waals surface area contributed by atoms with Crippen molar-refractivity contribution in [2.24, 2.45) is 5.41 Å². The van der Waals surface area contributed by atoms with E-state index in [9.17, 15) is 14.4 Å². The number of carbonyl (C=O) groups excluding carboxylic acids is 3. The molecule has 1 aromatic rings. The van der Waals surface area contributed by atoms with E-state index < -0.39 is 5.41 Å². The number of hydrogen-bond donors (Lipinski definition) is 0. The van der Waals surface area contributed by atoms with Crippen molar-refractivity contribution in [1.82, 2.24) is 0 Å². The number of unbranched alkanes of at least 4 members (excludes halogenated alkanes) is 18. The number of carbonyl (C=O) groups is 3. The lowest BCUT2D eigenvalue weighted by Gasteiger charge is -2.32. The first kappa shape index (κ1) is 43.7. The fraction of sp³-hybridized carbons (Fsp3) is 0.786. The molecule has 0 saturated carbocycles. The number of esters is 3. The van der Waals surface area contributed by atoms with Gasteiger partial charge in [-0.2, -0.15) is 0 Å². The van der Waals surface area contributed by atoms with E-state index in [-0.39, 0.29) is 37.7 Å². The number of aryl methyl sites for hydroxylation is 1.